The van der Waals surface area contributed by atoms with Gasteiger partial charge in [0.1, 0.15) is 11.3 Å². The van der Waals surface area contributed by atoms with E-state index in [4.69, 9.17) is 0 Å². The topological polar surface area (TPSA) is 109 Å². The monoisotopic (exact) mass is 546 g/mol. The van der Waals surface area contributed by atoms with E-state index in [1.54, 1.807) is 17.7 Å². The fourth-order valence-electron chi connectivity index (χ4n) is 6.11. The normalized spacial score (nSPS) is 24.4. The summed E-state index contributed by atoms with van der Waals surface area (Å²) in [7, 11) is 0. The first-order chi connectivity index (χ1) is 18.5. The summed E-state index contributed by atoms with van der Waals surface area (Å²) in [5.74, 6) is -0.632. The first-order valence-electron chi connectivity index (χ1n) is 13.2. The molecule has 3 aliphatic heterocycles. The Hall–Kier alpha value is -3.61. The number of benzene rings is 1. The number of aryl methyl sites for hydroxylation is 1. The number of aromatic nitrogens is 2. The summed E-state index contributed by atoms with van der Waals surface area (Å²) in [4.78, 5) is 41.8. The lowest BCUT2D eigenvalue weighted by Crippen LogP contribution is -2.52. The highest BCUT2D eigenvalue weighted by Crippen LogP contribution is 2.44. The minimum atomic E-state index is -4.81. The average molecular weight is 547 g/mol. The molecule has 1 aliphatic carbocycles. The number of likely N-dealkylation sites (tertiary alicyclic amines) is 2. The largest absolute Gasteiger partial charge is 0.573 e. The van der Waals surface area contributed by atoms with Crippen LogP contribution >= 0.6 is 0 Å². The second-order valence-corrected chi connectivity index (χ2v) is 10.8. The maximum atomic E-state index is 13.8. The molecule has 4 aliphatic rings. The van der Waals surface area contributed by atoms with Crippen molar-refractivity contribution in [1.82, 2.24) is 30.2 Å². The molecule has 10 nitrogen and oxygen atoms in total. The minimum absolute atomic E-state index is 0.114. The van der Waals surface area contributed by atoms with Crippen molar-refractivity contribution in [2.75, 3.05) is 26.2 Å². The van der Waals surface area contributed by atoms with Gasteiger partial charge in [-0.05, 0) is 51.2 Å². The number of ether oxygens (including phenoxy) is 1. The standard InChI is InChI=1S/C26H29F3N6O4/c1-15-20(21(16-5-6-16)35(32-15)18-3-2-4-19(13-18)39-26(27,28)29)22(36)33-10-7-17(8-11-33)34-12-9-25(14-34)23(37)30-24(38)31-25/h2-4,13,16-17H,5-12,14H2,1H3,(H2,30,31,37,38). The smallest absolute Gasteiger partial charge is 0.406 e. The number of imide groups is 1. The van der Waals surface area contributed by atoms with E-state index in [2.05, 4.69) is 25.4 Å². The van der Waals surface area contributed by atoms with Crippen LogP contribution in [0.2, 0.25) is 0 Å². The van der Waals surface area contributed by atoms with Crippen molar-refractivity contribution < 1.29 is 32.3 Å². The summed E-state index contributed by atoms with van der Waals surface area (Å²) in [5.41, 5.74) is 1.33. The fourth-order valence-corrected chi connectivity index (χ4v) is 6.11. The molecule has 1 atom stereocenters. The lowest BCUT2D eigenvalue weighted by atomic mass is 9.98. The SMILES string of the molecule is Cc1nn(-c2cccc(OC(F)(F)F)c2)c(C2CC2)c1C(=O)N1CCC(N2CCC3(C2)NC(=O)NC3=O)CC1. The van der Waals surface area contributed by atoms with E-state index in [-0.39, 0.29) is 29.5 Å². The van der Waals surface area contributed by atoms with Gasteiger partial charge < -0.3 is 15.0 Å². The van der Waals surface area contributed by atoms with Crippen molar-refractivity contribution in [2.24, 2.45) is 0 Å². The van der Waals surface area contributed by atoms with Gasteiger partial charge in [-0.25, -0.2) is 9.48 Å². The number of hydrogen-bond acceptors (Lipinski definition) is 6. The Morgan fingerprint density at radius 2 is 1.87 bits per heavy atom. The van der Waals surface area contributed by atoms with Crippen LogP contribution in [0, 0.1) is 6.92 Å². The number of alkyl halides is 3. The third-order valence-electron chi connectivity index (χ3n) is 8.15. The lowest BCUT2D eigenvalue weighted by molar-refractivity contribution is -0.274. The van der Waals surface area contributed by atoms with Gasteiger partial charge in [0.05, 0.1) is 22.6 Å². The van der Waals surface area contributed by atoms with Crippen LogP contribution < -0.4 is 15.4 Å². The van der Waals surface area contributed by atoms with Crippen molar-refractivity contribution in [3.05, 3.63) is 41.2 Å². The number of amides is 4. The number of nitrogens with zero attached hydrogens (tertiary/aromatic N) is 4. The maximum absolute atomic E-state index is 13.8. The van der Waals surface area contributed by atoms with E-state index < -0.39 is 17.9 Å². The molecule has 1 unspecified atom stereocenters. The lowest BCUT2D eigenvalue weighted by Gasteiger charge is -2.37. The number of halogens is 3. The molecular weight excluding hydrogens is 517 g/mol. The predicted molar refractivity (Wildman–Crippen MR) is 131 cm³/mol. The molecule has 13 heteroatoms. The third kappa shape index (κ3) is 4.83. The fraction of sp³-hybridized carbons (Fsp3) is 0.538. The van der Waals surface area contributed by atoms with Gasteiger partial charge in [0, 0.05) is 44.2 Å². The van der Waals surface area contributed by atoms with Gasteiger partial charge in [0.2, 0.25) is 0 Å². The average Bonchev–Trinajstić information content (AvgIpc) is 3.44. The summed E-state index contributed by atoms with van der Waals surface area (Å²) in [6.07, 6.45) is -1.01. The molecule has 6 rings (SSSR count). The molecule has 208 valence electrons. The summed E-state index contributed by atoms with van der Waals surface area (Å²) >= 11 is 0. The quantitative estimate of drug-likeness (QED) is 0.559. The Balaban J connectivity index is 1.17. The molecule has 4 amide bonds. The van der Waals surface area contributed by atoms with Crippen LogP contribution in [0.15, 0.2) is 24.3 Å². The Bertz CT molecular complexity index is 1330. The zero-order chi connectivity index (χ0) is 27.5. The molecule has 2 aromatic rings. The van der Waals surface area contributed by atoms with Crippen molar-refractivity contribution >= 4 is 17.8 Å². The summed E-state index contributed by atoms with van der Waals surface area (Å²) < 4.78 is 44.0. The molecule has 1 spiro atoms. The Labute approximate surface area is 222 Å². The Morgan fingerprint density at radius 1 is 1.13 bits per heavy atom. The van der Waals surface area contributed by atoms with Gasteiger partial charge in [-0.3, -0.25) is 19.8 Å². The van der Waals surface area contributed by atoms with Crippen LogP contribution in [-0.2, 0) is 4.79 Å². The van der Waals surface area contributed by atoms with Gasteiger partial charge in [-0.15, -0.1) is 13.2 Å². The van der Waals surface area contributed by atoms with Crippen molar-refractivity contribution in [3.63, 3.8) is 0 Å². The highest BCUT2D eigenvalue weighted by molar-refractivity contribution is 6.07. The van der Waals surface area contributed by atoms with Crippen LogP contribution in [0.25, 0.3) is 5.69 Å². The summed E-state index contributed by atoms with van der Waals surface area (Å²) in [5, 5.41) is 9.69. The summed E-state index contributed by atoms with van der Waals surface area (Å²) in [6, 6.07) is 5.37. The van der Waals surface area contributed by atoms with Crippen LogP contribution in [0.5, 0.6) is 5.75 Å². The Morgan fingerprint density at radius 3 is 2.51 bits per heavy atom. The van der Waals surface area contributed by atoms with E-state index in [0.717, 1.165) is 31.4 Å². The molecule has 0 radical (unpaired) electrons. The van der Waals surface area contributed by atoms with E-state index in [0.29, 0.717) is 49.5 Å². The second-order valence-electron chi connectivity index (χ2n) is 10.8. The predicted octanol–water partition coefficient (Wildman–Crippen LogP) is 2.85. The molecule has 1 aromatic heterocycles. The highest BCUT2D eigenvalue weighted by atomic mass is 19.4. The van der Waals surface area contributed by atoms with Gasteiger partial charge in [0.15, 0.2) is 0 Å². The molecule has 2 N–H and O–H groups in total. The highest BCUT2D eigenvalue weighted by Gasteiger charge is 2.52. The number of hydrogen-bond donors (Lipinski definition) is 2. The number of urea groups is 1. The second kappa shape index (κ2) is 9.25. The van der Waals surface area contributed by atoms with Crippen LogP contribution in [0.4, 0.5) is 18.0 Å². The van der Waals surface area contributed by atoms with Crippen LogP contribution in [0.3, 0.4) is 0 Å². The molecule has 4 fully saturated rings. The first kappa shape index (κ1) is 25.7. The van der Waals surface area contributed by atoms with Crippen molar-refractivity contribution in [2.45, 2.75) is 62.9 Å². The molecule has 0 bridgehead atoms. The Kier molecular flexibility index (Phi) is 6.08. The van der Waals surface area contributed by atoms with Gasteiger partial charge in [-0.2, -0.15) is 5.10 Å². The number of nitrogens with one attached hydrogen (secondary N) is 2. The number of piperidine rings is 1. The number of rotatable bonds is 5. The van der Waals surface area contributed by atoms with Crippen molar-refractivity contribution in [3.8, 4) is 11.4 Å². The molecular formula is C26H29F3N6O4. The van der Waals surface area contributed by atoms with Gasteiger partial charge >= 0.3 is 12.4 Å². The zero-order valence-corrected chi connectivity index (χ0v) is 21.4. The van der Waals surface area contributed by atoms with E-state index >= 15 is 0 Å². The molecule has 3 saturated heterocycles. The molecule has 4 heterocycles. The minimum Gasteiger partial charge on any atom is -0.406 e. The molecule has 1 saturated carbocycles. The third-order valence-corrected chi connectivity index (χ3v) is 8.15. The van der Waals surface area contributed by atoms with E-state index in [1.165, 1.54) is 18.2 Å². The van der Waals surface area contributed by atoms with E-state index in [1.807, 2.05) is 4.90 Å². The van der Waals surface area contributed by atoms with Crippen molar-refractivity contribution in [1.29, 1.82) is 0 Å². The number of carbonyl (C=O) groups is 3. The van der Waals surface area contributed by atoms with Gasteiger partial charge in [-0.1, -0.05) is 6.07 Å². The summed E-state index contributed by atoms with van der Waals surface area (Å²) in [6.45, 7) is 3.98. The van der Waals surface area contributed by atoms with Gasteiger partial charge in [0.25, 0.3) is 11.8 Å². The number of carbonyl (C=O) groups excluding carboxylic acids is 3. The van der Waals surface area contributed by atoms with Crippen LogP contribution in [0.1, 0.15) is 59.8 Å². The van der Waals surface area contributed by atoms with E-state index in [9.17, 15) is 27.6 Å². The molecule has 1 aromatic carbocycles. The zero-order valence-electron chi connectivity index (χ0n) is 21.4. The maximum Gasteiger partial charge on any atom is 0.573 e. The molecule has 39 heavy (non-hydrogen) atoms. The van der Waals surface area contributed by atoms with Crippen LogP contribution in [-0.4, -0.2) is 81.5 Å². The first-order valence-corrected chi connectivity index (χ1v) is 13.2.